The number of hydrogen-bond acceptors (Lipinski definition) is 0. The Morgan fingerprint density at radius 3 is 1.81 bits per heavy atom. The van der Waals surface area contributed by atoms with E-state index in [-0.39, 0.29) is 5.56 Å². The predicted molar refractivity (Wildman–Crippen MR) is 66.6 cm³/mol. The van der Waals surface area contributed by atoms with Gasteiger partial charge in [-0.15, -0.1) is 0 Å². The van der Waals surface area contributed by atoms with E-state index in [1.165, 1.54) is 0 Å². The van der Waals surface area contributed by atoms with Gasteiger partial charge in [-0.2, -0.15) is 26.3 Å². The van der Waals surface area contributed by atoms with Gasteiger partial charge in [0.05, 0.1) is 11.1 Å². The Morgan fingerprint density at radius 1 is 0.714 bits per heavy atom. The average molecular weight is 304 g/mol. The average Bonchev–Trinajstić information content (AvgIpc) is 2.36. The number of aryl methyl sites for hydroxylation is 1. The van der Waals surface area contributed by atoms with E-state index in [0.29, 0.717) is 23.3 Å². The SMILES string of the molecule is Cc1ccccc1-c1ccc(C(F)(F)F)c(C(F)(F)F)c1. The van der Waals surface area contributed by atoms with Gasteiger partial charge in [0.2, 0.25) is 0 Å². The van der Waals surface area contributed by atoms with Crippen molar-refractivity contribution in [3.05, 3.63) is 59.2 Å². The zero-order valence-electron chi connectivity index (χ0n) is 10.8. The largest absolute Gasteiger partial charge is 0.417 e. The van der Waals surface area contributed by atoms with E-state index in [0.717, 1.165) is 6.07 Å². The highest BCUT2D eigenvalue weighted by Crippen LogP contribution is 2.42. The second-order valence-electron chi connectivity index (χ2n) is 4.57. The van der Waals surface area contributed by atoms with Crippen molar-refractivity contribution in [1.82, 2.24) is 0 Å². The number of halogens is 6. The van der Waals surface area contributed by atoms with Gasteiger partial charge >= 0.3 is 12.4 Å². The van der Waals surface area contributed by atoms with Crippen molar-refractivity contribution in [1.29, 1.82) is 0 Å². The first-order chi connectivity index (χ1) is 9.60. The van der Waals surface area contributed by atoms with E-state index in [9.17, 15) is 26.3 Å². The van der Waals surface area contributed by atoms with E-state index < -0.39 is 23.5 Å². The summed E-state index contributed by atoms with van der Waals surface area (Å²) in [7, 11) is 0. The van der Waals surface area contributed by atoms with Crippen LogP contribution in [0.1, 0.15) is 16.7 Å². The Kier molecular flexibility index (Phi) is 3.74. The second-order valence-corrected chi connectivity index (χ2v) is 4.57. The van der Waals surface area contributed by atoms with E-state index in [2.05, 4.69) is 0 Å². The third-order valence-electron chi connectivity index (χ3n) is 3.09. The van der Waals surface area contributed by atoms with Crippen LogP contribution in [0.4, 0.5) is 26.3 Å². The Balaban J connectivity index is 2.66. The predicted octanol–water partition coefficient (Wildman–Crippen LogP) is 5.70. The van der Waals surface area contributed by atoms with E-state index in [1.807, 2.05) is 0 Å². The maximum atomic E-state index is 12.9. The van der Waals surface area contributed by atoms with Gasteiger partial charge in [0.25, 0.3) is 0 Å². The molecule has 21 heavy (non-hydrogen) atoms. The van der Waals surface area contributed by atoms with E-state index in [1.54, 1.807) is 31.2 Å². The van der Waals surface area contributed by atoms with E-state index in [4.69, 9.17) is 0 Å². The van der Waals surface area contributed by atoms with Crippen molar-refractivity contribution in [2.45, 2.75) is 19.3 Å². The summed E-state index contributed by atoms with van der Waals surface area (Å²) >= 11 is 0. The molecule has 0 saturated carbocycles. The van der Waals surface area contributed by atoms with Crippen molar-refractivity contribution in [3.8, 4) is 11.1 Å². The van der Waals surface area contributed by atoms with Gasteiger partial charge in [-0.1, -0.05) is 30.3 Å². The first kappa shape index (κ1) is 15.4. The second kappa shape index (κ2) is 5.09. The summed E-state index contributed by atoms with van der Waals surface area (Å²) in [5.74, 6) is 0. The lowest BCUT2D eigenvalue weighted by Crippen LogP contribution is -2.16. The molecule has 0 amide bonds. The number of benzene rings is 2. The molecule has 0 aliphatic carbocycles. The molecule has 0 saturated heterocycles. The molecule has 2 aromatic rings. The molecule has 0 aliphatic rings. The fourth-order valence-electron chi connectivity index (χ4n) is 2.09. The third kappa shape index (κ3) is 3.20. The molecule has 0 bridgehead atoms. The summed E-state index contributed by atoms with van der Waals surface area (Å²) in [5.41, 5.74) is -2.08. The molecule has 112 valence electrons. The summed E-state index contributed by atoms with van der Waals surface area (Å²) < 4.78 is 76.7. The molecule has 0 N–H and O–H groups in total. The van der Waals surface area contributed by atoms with Crippen LogP contribution in [-0.4, -0.2) is 0 Å². The van der Waals surface area contributed by atoms with Crippen LogP contribution in [-0.2, 0) is 12.4 Å². The topological polar surface area (TPSA) is 0 Å². The zero-order chi connectivity index (χ0) is 15.8. The fourth-order valence-corrected chi connectivity index (χ4v) is 2.09. The van der Waals surface area contributed by atoms with Crippen LogP contribution in [0.5, 0.6) is 0 Å². The molecule has 0 spiro atoms. The van der Waals surface area contributed by atoms with Crippen LogP contribution in [0.25, 0.3) is 11.1 Å². The number of alkyl halides is 6. The van der Waals surface area contributed by atoms with Crippen LogP contribution in [0.3, 0.4) is 0 Å². The van der Waals surface area contributed by atoms with Crippen molar-refractivity contribution in [3.63, 3.8) is 0 Å². The van der Waals surface area contributed by atoms with Crippen LogP contribution >= 0.6 is 0 Å². The molecule has 0 heterocycles. The van der Waals surface area contributed by atoms with Crippen molar-refractivity contribution in [2.75, 3.05) is 0 Å². The van der Waals surface area contributed by atoms with Gasteiger partial charge in [-0.3, -0.25) is 0 Å². The smallest absolute Gasteiger partial charge is 0.166 e. The summed E-state index contributed by atoms with van der Waals surface area (Å²) in [6.45, 7) is 1.68. The summed E-state index contributed by atoms with van der Waals surface area (Å²) in [5, 5.41) is 0. The standard InChI is InChI=1S/C15H10F6/c1-9-4-2-3-5-11(9)10-6-7-12(14(16,17)18)13(8-10)15(19,20)21/h2-8H,1H3. The van der Waals surface area contributed by atoms with Crippen molar-refractivity contribution >= 4 is 0 Å². The third-order valence-corrected chi connectivity index (χ3v) is 3.09. The van der Waals surface area contributed by atoms with Crippen molar-refractivity contribution < 1.29 is 26.3 Å². The monoisotopic (exact) mass is 304 g/mol. The van der Waals surface area contributed by atoms with Crippen LogP contribution in [0, 0.1) is 6.92 Å². The molecular formula is C15H10F6. The number of rotatable bonds is 1. The molecular weight excluding hydrogens is 294 g/mol. The van der Waals surface area contributed by atoms with Crippen molar-refractivity contribution in [2.24, 2.45) is 0 Å². The zero-order valence-corrected chi connectivity index (χ0v) is 10.8. The normalized spacial score (nSPS) is 12.5. The Labute approximate surface area is 117 Å². The first-order valence-corrected chi connectivity index (χ1v) is 5.95. The number of hydrogen-bond donors (Lipinski definition) is 0. The minimum Gasteiger partial charge on any atom is -0.166 e. The molecule has 0 aromatic heterocycles. The molecule has 6 heteroatoms. The summed E-state index contributed by atoms with van der Waals surface area (Å²) in [6, 6.07) is 8.65. The highest BCUT2D eigenvalue weighted by Gasteiger charge is 2.43. The molecule has 0 atom stereocenters. The summed E-state index contributed by atoms with van der Waals surface area (Å²) in [6.07, 6.45) is -10.1. The van der Waals surface area contributed by atoms with Gasteiger partial charge in [-0.05, 0) is 35.7 Å². The maximum Gasteiger partial charge on any atom is 0.417 e. The van der Waals surface area contributed by atoms with Gasteiger partial charge < -0.3 is 0 Å². The Bertz CT molecular complexity index is 652. The molecule has 0 fully saturated rings. The van der Waals surface area contributed by atoms with E-state index >= 15 is 0 Å². The maximum absolute atomic E-state index is 12.9. The highest BCUT2D eigenvalue weighted by molar-refractivity contribution is 5.68. The van der Waals surface area contributed by atoms with Gasteiger partial charge in [0, 0.05) is 0 Å². The van der Waals surface area contributed by atoms with Gasteiger partial charge in [0.15, 0.2) is 0 Å². The Hall–Kier alpha value is -1.98. The molecule has 2 rings (SSSR count). The Morgan fingerprint density at radius 2 is 1.29 bits per heavy atom. The minimum absolute atomic E-state index is 0.105. The molecule has 0 radical (unpaired) electrons. The fraction of sp³-hybridized carbons (Fsp3) is 0.200. The molecule has 0 unspecified atom stereocenters. The minimum atomic E-state index is -5.07. The lowest BCUT2D eigenvalue weighted by molar-refractivity contribution is -0.162. The van der Waals surface area contributed by atoms with Gasteiger partial charge in [0.1, 0.15) is 0 Å². The molecule has 2 aromatic carbocycles. The van der Waals surface area contributed by atoms with Crippen LogP contribution in [0.2, 0.25) is 0 Å². The van der Waals surface area contributed by atoms with Crippen LogP contribution < -0.4 is 0 Å². The summed E-state index contributed by atoms with van der Waals surface area (Å²) in [4.78, 5) is 0. The quantitative estimate of drug-likeness (QED) is 0.593. The lowest BCUT2D eigenvalue weighted by Gasteiger charge is -2.17. The van der Waals surface area contributed by atoms with Crippen LogP contribution in [0.15, 0.2) is 42.5 Å². The molecule has 0 nitrogen and oxygen atoms in total. The van der Waals surface area contributed by atoms with Gasteiger partial charge in [-0.25, -0.2) is 0 Å². The first-order valence-electron chi connectivity index (χ1n) is 5.95. The highest BCUT2D eigenvalue weighted by atomic mass is 19.4. The molecule has 0 aliphatic heterocycles. The lowest BCUT2D eigenvalue weighted by atomic mass is 9.96.